The Morgan fingerprint density at radius 1 is 1.44 bits per heavy atom. The predicted molar refractivity (Wildman–Crippen MR) is 75.7 cm³/mol. The summed E-state index contributed by atoms with van der Waals surface area (Å²) in [4.78, 5) is 14.3. The van der Waals surface area contributed by atoms with E-state index in [0.717, 1.165) is 48.7 Å². The molecule has 0 aliphatic carbocycles. The van der Waals surface area contributed by atoms with Gasteiger partial charge in [0.05, 0.1) is 5.92 Å². The van der Waals surface area contributed by atoms with E-state index in [-0.39, 0.29) is 24.2 Å². The summed E-state index contributed by atoms with van der Waals surface area (Å²) in [6, 6.07) is 5.81. The second-order valence-electron chi connectivity index (χ2n) is 4.67. The van der Waals surface area contributed by atoms with Gasteiger partial charge in [-0.15, -0.1) is 12.4 Å². The molecule has 2 heterocycles. The van der Waals surface area contributed by atoms with Crippen LogP contribution in [0, 0.1) is 5.92 Å². The van der Waals surface area contributed by atoms with Crippen molar-refractivity contribution in [1.82, 2.24) is 5.32 Å². The molecule has 2 aliphatic heterocycles. The van der Waals surface area contributed by atoms with E-state index in [2.05, 4.69) is 5.32 Å². The molecule has 3 rings (SSSR count). The van der Waals surface area contributed by atoms with E-state index >= 15 is 0 Å². The van der Waals surface area contributed by atoms with E-state index in [0.29, 0.717) is 0 Å². The molecule has 0 bridgehead atoms. The van der Waals surface area contributed by atoms with Crippen LogP contribution in [0.2, 0.25) is 5.02 Å². The van der Waals surface area contributed by atoms with Gasteiger partial charge in [0, 0.05) is 23.8 Å². The fourth-order valence-corrected chi connectivity index (χ4v) is 2.97. The van der Waals surface area contributed by atoms with E-state index in [1.807, 2.05) is 23.1 Å². The molecule has 0 aromatic heterocycles. The molecule has 98 valence electrons. The first kappa shape index (κ1) is 13.7. The molecule has 1 atom stereocenters. The van der Waals surface area contributed by atoms with Crippen LogP contribution in [0.4, 0.5) is 5.69 Å². The maximum atomic E-state index is 12.4. The molecule has 0 saturated carbocycles. The number of nitrogens with zero attached hydrogens (tertiary/aromatic N) is 1. The largest absolute Gasteiger partial charge is 0.316 e. The van der Waals surface area contributed by atoms with Crippen molar-refractivity contribution in [2.24, 2.45) is 5.92 Å². The number of halogens is 2. The van der Waals surface area contributed by atoms with Crippen LogP contribution in [0.15, 0.2) is 18.2 Å². The molecule has 1 N–H and O–H groups in total. The number of rotatable bonds is 1. The van der Waals surface area contributed by atoms with Gasteiger partial charge in [0.1, 0.15) is 0 Å². The Morgan fingerprint density at radius 3 is 3.00 bits per heavy atom. The van der Waals surface area contributed by atoms with E-state index < -0.39 is 0 Å². The molecular weight excluding hydrogens is 271 g/mol. The number of hydrogen-bond acceptors (Lipinski definition) is 2. The van der Waals surface area contributed by atoms with Gasteiger partial charge in [0.15, 0.2) is 0 Å². The molecule has 1 aromatic rings. The lowest BCUT2D eigenvalue weighted by Gasteiger charge is -2.20. The minimum atomic E-state index is 0. The van der Waals surface area contributed by atoms with Crippen LogP contribution in [0.5, 0.6) is 0 Å². The Morgan fingerprint density at radius 2 is 2.28 bits per heavy atom. The van der Waals surface area contributed by atoms with Crippen molar-refractivity contribution >= 4 is 35.6 Å². The van der Waals surface area contributed by atoms with Gasteiger partial charge in [0.2, 0.25) is 5.91 Å². The minimum absolute atomic E-state index is 0. The predicted octanol–water partition coefficient (Wildman–Crippen LogP) is 2.26. The average molecular weight is 287 g/mol. The molecule has 1 unspecified atom stereocenters. The summed E-state index contributed by atoms with van der Waals surface area (Å²) < 4.78 is 0. The van der Waals surface area contributed by atoms with Crippen LogP contribution >= 0.6 is 24.0 Å². The lowest BCUT2D eigenvalue weighted by Crippen LogP contribution is -2.35. The van der Waals surface area contributed by atoms with Crippen molar-refractivity contribution in [2.75, 3.05) is 24.5 Å². The maximum Gasteiger partial charge on any atom is 0.231 e. The molecule has 1 aromatic carbocycles. The second kappa shape index (κ2) is 5.47. The minimum Gasteiger partial charge on any atom is -0.316 e. The monoisotopic (exact) mass is 286 g/mol. The first-order chi connectivity index (χ1) is 8.27. The smallest absolute Gasteiger partial charge is 0.231 e. The highest BCUT2D eigenvalue weighted by atomic mass is 35.5. The molecule has 0 radical (unpaired) electrons. The third-order valence-corrected chi connectivity index (χ3v) is 4.00. The van der Waals surface area contributed by atoms with Gasteiger partial charge in [-0.3, -0.25) is 4.79 Å². The zero-order chi connectivity index (χ0) is 11.8. The van der Waals surface area contributed by atoms with Gasteiger partial charge in [-0.2, -0.15) is 0 Å². The standard InChI is InChI=1S/C13H15ClN2O.ClH/c14-11-2-1-3-12-10(11)5-7-16(12)13(17)9-4-6-15-8-9;/h1-3,9,15H,4-8H2;1H. The number of anilines is 1. The summed E-state index contributed by atoms with van der Waals surface area (Å²) in [6.45, 7) is 2.53. The van der Waals surface area contributed by atoms with Crippen LogP contribution in [0.25, 0.3) is 0 Å². The number of fused-ring (bicyclic) bond motifs is 1. The molecule has 0 spiro atoms. The van der Waals surface area contributed by atoms with Crippen molar-refractivity contribution in [3.05, 3.63) is 28.8 Å². The fraction of sp³-hybridized carbons (Fsp3) is 0.462. The summed E-state index contributed by atoms with van der Waals surface area (Å²) in [5, 5.41) is 4.02. The van der Waals surface area contributed by atoms with Crippen molar-refractivity contribution in [1.29, 1.82) is 0 Å². The normalized spacial score (nSPS) is 21.6. The Hall–Kier alpha value is -0.770. The highest BCUT2D eigenvalue weighted by Gasteiger charge is 2.32. The molecule has 1 saturated heterocycles. The third-order valence-electron chi connectivity index (χ3n) is 3.65. The zero-order valence-corrected chi connectivity index (χ0v) is 11.6. The highest BCUT2D eigenvalue weighted by molar-refractivity contribution is 6.32. The number of amides is 1. The number of hydrogen-bond donors (Lipinski definition) is 1. The van der Waals surface area contributed by atoms with Crippen molar-refractivity contribution in [3.63, 3.8) is 0 Å². The number of carbonyl (C=O) groups excluding carboxylic acids is 1. The van der Waals surface area contributed by atoms with Gasteiger partial charge >= 0.3 is 0 Å². The second-order valence-corrected chi connectivity index (χ2v) is 5.07. The third kappa shape index (κ3) is 2.22. The molecule has 2 aliphatic rings. The molecular formula is C13H16Cl2N2O. The summed E-state index contributed by atoms with van der Waals surface area (Å²) >= 11 is 6.15. The van der Waals surface area contributed by atoms with Crippen LogP contribution < -0.4 is 10.2 Å². The Balaban J connectivity index is 0.00000120. The lowest BCUT2D eigenvalue weighted by molar-refractivity contribution is -0.121. The van der Waals surface area contributed by atoms with Crippen molar-refractivity contribution < 1.29 is 4.79 Å². The lowest BCUT2D eigenvalue weighted by atomic mass is 10.1. The van der Waals surface area contributed by atoms with Crippen LogP contribution in [-0.2, 0) is 11.2 Å². The van der Waals surface area contributed by atoms with Crippen molar-refractivity contribution in [3.8, 4) is 0 Å². The van der Waals surface area contributed by atoms with E-state index in [1.165, 1.54) is 0 Å². The summed E-state index contributed by atoms with van der Waals surface area (Å²) in [7, 11) is 0. The SMILES string of the molecule is Cl.O=C(C1CCNC1)N1CCc2c(Cl)cccc21. The summed E-state index contributed by atoms with van der Waals surface area (Å²) in [6.07, 6.45) is 1.83. The molecule has 1 fully saturated rings. The van der Waals surface area contributed by atoms with Gasteiger partial charge in [-0.1, -0.05) is 17.7 Å². The molecule has 3 nitrogen and oxygen atoms in total. The Labute approximate surface area is 118 Å². The fourth-order valence-electron chi connectivity index (χ4n) is 2.71. The zero-order valence-electron chi connectivity index (χ0n) is 9.99. The molecule has 1 amide bonds. The number of nitrogens with one attached hydrogen (secondary N) is 1. The topological polar surface area (TPSA) is 32.3 Å². The van der Waals surface area contributed by atoms with Gasteiger partial charge in [-0.05, 0) is 37.1 Å². The number of benzene rings is 1. The quantitative estimate of drug-likeness (QED) is 0.859. The molecule has 5 heteroatoms. The molecule has 18 heavy (non-hydrogen) atoms. The number of carbonyl (C=O) groups is 1. The van der Waals surface area contributed by atoms with E-state index in [9.17, 15) is 4.79 Å². The van der Waals surface area contributed by atoms with E-state index in [4.69, 9.17) is 11.6 Å². The Kier molecular flexibility index (Phi) is 4.15. The van der Waals surface area contributed by atoms with Crippen LogP contribution in [-0.4, -0.2) is 25.5 Å². The summed E-state index contributed by atoms with van der Waals surface area (Å²) in [5.41, 5.74) is 2.13. The Bertz CT molecular complexity index is 458. The first-order valence-electron chi connectivity index (χ1n) is 6.07. The maximum absolute atomic E-state index is 12.4. The van der Waals surface area contributed by atoms with Gasteiger partial charge < -0.3 is 10.2 Å². The highest BCUT2D eigenvalue weighted by Crippen LogP contribution is 2.34. The average Bonchev–Trinajstić information content (AvgIpc) is 2.98. The van der Waals surface area contributed by atoms with E-state index in [1.54, 1.807) is 0 Å². The van der Waals surface area contributed by atoms with Crippen LogP contribution in [0.3, 0.4) is 0 Å². The van der Waals surface area contributed by atoms with Crippen molar-refractivity contribution in [2.45, 2.75) is 12.8 Å². The van der Waals surface area contributed by atoms with Crippen LogP contribution in [0.1, 0.15) is 12.0 Å². The van der Waals surface area contributed by atoms with Gasteiger partial charge in [-0.25, -0.2) is 0 Å². The first-order valence-corrected chi connectivity index (χ1v) is 6.44. The summed E-state index contributed by atoms with van der Waals surface area (Å²) in [5.74, 6) is 0.385. The van der Waals surface area contributed by atoms with Gasteiger partial charge in [0.25, 0.3) is 0 Å².